The van der Waals surface area contributed by atoms with E-state index < -0.39 is 5.97 Å². The lowest BCUT2D eigenvalue weighted by Gasteiger charge is -2.28. The van der Waals surface area contributed by atoms with Crippen LogP contribution in [0.1, 0.15) is 12.0 Å². The van der Waals surface area contributed by atoms with Gasteiger partial charge in [0.25, 0.3) is 5.91 Å². The van der Waals surface area contributed by atoms with Gasteiger partial charge in [-0.1, -0.05) is 18.2 Å². The lowest BCUT2D eigenvalue weighted by atomic mass is 10.0. The summed E-state index contributed by atoms with van der Waals surface area (Å²) in [6.07, 6.45) is 3.84. The van der Waals surface area contributed by atoms with Crippen LogP contribution in [-0.2, 0) is 16.0 Å². The Morgan fingerprint density at radius 3 is 2.76 bits per heavy atom. The van der Waals surface area contributed by atoms with E-state index in [2.05, 4.69) is 0 Å². The van der Waals surface area contributed by atoms with Crippen LogP contribution < -0.4 is 4.90 Å². The van der Waals surface area contributed by atoms with Crippen LogP contribution in [0.15, 0.2) is 36.4 Å². The number of fused-ring (bicyclic) bond motifs is 1. The molecule has 0 bridgehead atoms. The van der Waals surface area contributed by atoms with Crippen molar-refractivity contribution in [2.45, 2.75) is 12.8 Å². The molecule has 4 heteroatoms. The van der Waals surface area contributed by atoms with Crippen molar-refractivity contribution in [3.05, 3.63) is 42.0 Å². The number of carbonyl (C=O) groups is 2. The summed E-state index contributed by atoms with van der Waals surface area (Å²) in [5.74, 6) is -1.39. The van der Waals surface area contributed by atoms with Crippen LogP contribution in [-0.4, -0.2) is 23.5 Å². The van der Waals surface area contributed by atoms with Gasteiger partial charge in [-0.05, 0) is 24.5 Å². The van der Waals surface area contributed by atoms with Gasteiger partial charge in [0.1, 0.15) is 0 Å². The van der Waals surface area contributed by atoms with Gasteiger partial charge in [0.05, 0.1) is 0 Å². The van der Waals surface area contributed by atoms with Crippen molar-refractivity contribution in [1.82, 2.24) is 0 Å². The fourth-order valence-corrected chi connectivity index (χ4v) is 2.00. The molecule has 0 fully saturated rings. The van der Waals surface area contributed by atoms with Crippen LogP contribution in [0.3, 0.4) is 0 Å². The number of carboxylic acid groups (broad SMARTS) is 1. The molecule has 17 heavy (non-hydrogen) atoms. The summed E-state index contributed by atoms with van der Waals surface area (Å²) in [6, 6.07) is 7.71. The second-order valence-electron chi connectivity index (χ2n) is 3.89. The van der Waals surface area contributed by atoms with E-state index in [0.717, 1.165) is 36.2 Å². The number of rotatable bonds is 2. The van der Waals surface area contributed by atoms with Gasteiger partial charge in [-0.3, -0.25) is 4.79 Å². The summed E-state index contributed by atoms with van der Waals surface area (Å²) >= 11 is 0. The third-order valence-corrected chi connectivity index (χ3v) is 2.74. The Morgan fingerprint density at radius 1 is 1.24 bits per heavy atom. The first-order valence-corrected chi connectivity index (χ1v) is 5.49. The maximum atomic E-state index is 11.8. The minimum Gasteiger partial charge on any atom is -0.478 e. The van der Waals surface area contributed by atoms with Crippen LogP contribution >= 0.6 is 0 Å². The molecule has 0 saturated heterocycles. The zero-order chi connectivity index (χ0) is 12.3. The number of para-hydroxylation sites is 1. The van der Waals surface area contributed by atoms with Crippen LogP contribution in [0.5, 0.6) is 0 Å². The predicted molar refractivity (Wildman–Crippen MR) is 63.9 cm³/mol. The average Bonchev–Trinajstić information content (AvgIpc) is 2.35. The highest BCUT2D eigenvalue weighted by atomic mass is 16.4. The molecule has 0 aromatic heterocycles. The van der Waals surface area contributed by atoms with E-state index in [1.54, 1.807) is 4.90 Å². The molecule has 0 spiro atoms. The van der Waals surface area contributed by atoms with Crippen LogP contribution in [0.25, 0.3) is 0 Å². The first-order chi connectivity index (χ1) is 8.18. The molecule has 0 atom stereocenters. The molecule has 2 rings (SSSR count). The Hall–Kier alpha value is -2.10. The van der Waals surface area contributed by atoms with Crippen molar-refractivity contribution in [1.29, 1.82) is 0 Å². The Balaban J connectivity index is 2.24. The van der Waals surface area contributed by atoms with Gasteiger partial charge in [-0.15, -0.1) is 0 Å². The quantitative estimate of drug-likeness (QED) is 0.786. The SMILES string of the molecule is O=C(O)/C=C/C(=O)N1CCCc2ccccc21. The first kappa shape index (κ1) is 11.4. The first-order valence-electron chi connectivity index (χ1n) is 5.49. The molecule has 1 heterocycles. The second-order valence-corrected chi connectivity index (χ2v) is 3.89. The summed E-state index contributed by atoms with van der Waals surface area (Å²) in [5, 5.41) is 8.50. The second kappa shape index (κ2) is 4.82. The molecule has 1 aliphatic heterocycles. The maximum absolute atomic E-state index is 11.8. The predicted octanol–water partition coefficient (Wildman–Crippen LogP) is 1.61. The van der Waals surface area contributed by atoms with Crippen molar-refractivity contribution in [3.8, 4) is 0 Å². The highest BCUT2D eigenvalue weighted by molar-refractivity contribution is 6.04. The normalized spacial score (nSPS) is 14.7. The fraction of sp³-hybridized carbons (Fsp3) is 0.231. The zero-order valence-corrected chi connectivity index (χ0v) is 9.30. The van der Waals surface area contributed by atoms with Gasteiger partial charge in [0, 0.05) is 24.4 Å². The van der Waals surface area contributed by atoms with E-state index in [1.807, 2.05) is 24.3 Å². The zero-order valence-electron chi connectivity index (χ0n) is 9.30. The number of aliphatic carboxylic acids is 1. The van der Waals surface area contributed by atoms with Crippen molar-refractivity contribution in [2.75, 3.05) is 11.4 Å². The molecular weight excluding hydrogens is 218 g/mol. The van der Waals surface area contributed by atoms with E-state index in [4.69, 9.17) is 5.11 Å². The summed E-state index contributed by atoms with van der Waals surface area (Å²) in [4.78, 5) is 23.8. The number of aryl methyl sites for hydroxylation is 1. The van der Waals surface area contributed by atoms with E-state index >= 15 is 0 Å². The summed E-state index contributed by atoms with van der Waals surface area (Å²) in [5.41, 5.74) is 2.02. The highest BCUT2D eigenvalue weighted by Crippen LogP contribution is 2.26. The van der Waals surface area contributed by atoms with Crippen molar-refractivity contribution < 1.29 is 14.7 Å². The van der Waals surface area contributed by atoms with Gasteiger partial charge < -0.3 is 10.0 Å². The third kappa shape index (κ3) is 2.53. The van der Waals surface area contributed by atoms with Crippen molar-refractivity contribution >= 4 is 17.6 Å². The van der Waals surface area contributed by atoms with E-state index in [9.17, 15) is 9.59 Å². The largest absolute Gasteiger partial charge is 0.478 e. The average molecular weight is 231 g/mol. The standard InChI is InChI=1S/C13H13NO3/c15-12(7-8-13(16)17)14-9-3-5-10-4-1-2-6-11(10)14/h1-2,4,6-8H,3,5,9H2,(H,16,17)/b8-7+. The van der Waals surface area contributed by atoms with Crippen molar-refractivity contribution in [3.63, 3.8) is 0 Å². The molecule has 0 saturated carbocycles. The molecule has 1 N–H and O–H groups in total. The van der Waals surface area contributed by atoms with Gasteiger partial charge >= 0.3 is 5.97 Å². The van der Waals surface area contributed by atoms with Gasteiger partial charge in [-0.25, -0.2) is 4.79 Å². The highest BCUT2D eigenvalue weighted by Gasteiger charge is 2.20. The van der Waals surface area contributed by atoms with Gasteiger partial charge in [0.2, 0.25) is 0 Å². The number of carbonyl (C=O) groups excluding carboxylic acids is 1. The van der Waals surface area contributed by atoms with Gasteiger partial charge in [0.15, 0.2) is 0 Å². The van der Waals surface area contributed by atoms with Crippen LogP contribution in [0.4, 0.5) is 5.69 Å². The van der Waals surface area contributed by atoms with Crippen LogP contribution in [0.2, 0.25) is 0 Å². The molecule has 0 unspecified atom stereocenters. The molecule has 1 aromatic carbocycles. The van der Waals surface area contributed by atoms with Crippen LogP contribution in [0, 0.1) is 0 Å². The molecule has 1 amide bonds. The molecule has 4 nitrogen and oxygen atoms in total. The number of nitrogens with zero attached hydrogens (tertiary/aromatic N) is 1. The molecule has 1 aromatic rings. The van der Waals surface area contributed by atoms with Gasteiger partial charge in [-0.2, -0.15) is 0 Å². The van der Waals surface area contributed by atoms with E-state index in [0.29, 0.717) is 6.54 Å². The summed E-state index contributed by atoms with van der Waals surface area (Å²) < 4.78 is 0. The Labute approximate surface area is 99.2 Å². The fourth-order valence-electron chi connectivity index (χ4n) is 2.00. The smallest absolute Gasteiger partial charge is 0.328 e. The third-order valence-electron chi connectivity index (χ3n) is 2.74. The number of hydrogen-bond donors (Lipinski definition) is 1. The Kier molecular flexibility index (Phi) is 3.23. The lowest BCUT2D eigenvalue weighted by Crippen LogP contribution is -2.34. The minimum absolute atomic E-state index is 0.278. The molecular formula is C13H13NO3. The summed E-state index contributed by atoms with van der Waals surface area (Å²) in [6.45, 7) is 0.639. The molecule has 0 aliphatic carbocycles. The number of carboxylic acids is 1. The lowest BCUT2D eigenvalue weighted by molar-refractivity contribution is -0.131. The van der Waals surface area contributed by atoms with E-state index in [-0.39, 0.29) is 5.91 Å². The molecule has 88 valence electrons. The number of hydrogen-bond acceptors (Lipinski definition) is 2. The number of amides is 1. The number of benzene rings is 1. The van der Waals surface area contributed by atoms with E-state index in [1.165, 1.54) is 0 Å². The number of anilines is 1. The minimum atomic E-state index is -1.11. The Bertz CT molecular complexity index is 479. The monoisotopic (exact) mass is 231 g/mol. The summed E-state index contributed by atoms with van der Waals surface area (Å²) in [7, 11) is 0. The molecule has 0 radical (unpaired) electrons. The maximum Gasteiger partial charge on any atom is 0.328 e. The topological polar surface area (TPSA) is 57.6 Å². The van der Waals surface area contributed by atoms with Crippen molar-refractivity contribution in [2.24, 2.45) is 0 Å². The molecule has 1 aliphatic rings. The Morgan fingerprint density at radius 2 is 2.00 bits per heavy atom.